The summed E-state index contributed by atoms with van der Waals surface area (Å²) in [5.74, 6) is -3.72. The van der Waals surface area contributed by atoms with E-state index < -0.39 is 30.0 Å². The number of imide groups is 1. The van der Waals surface area contributed by atoms with Crippen molar-refractivity contribution < 1.29 is 32.7 Å². The molecule has 0 radical (unpaired) electrons. The normalized spacial score (nSPS) is 17.2. The number of amides is 3. The molecular weight excluding hydrogens is 281 g/mol. The number of carboxylic acids is 1. The zero-order valence-electron chi connectivity index (χ0n) is 10.3. The minimum absolute atomic E-state index is 0.105. The van der Waals surface area contributed by atoms with Gasteiger partial charge >= 0.3 is 18.2 Å². The van der Waals surface area contributed by atoms with Crippen LogP contribution >= 0.6 is 0 Å². The number of halogens is 3. The molecule has 0 atom stereocenters. The summed E-state index contributed by atoms with van der Waals surface area (Å²) in [6, 6.07) is -0.828. The predicted molar refractivity (Wildman–Crippen MR) is 60.7 cm³/mol. The molecule has 0 unspecified atom stereocenters. The molecule has 1 aliphatic rings. The lowest BCUT2D eigenvalue weighted by Crippen LogP contribution is -2.47. The number of carboxylic acid groups (broad SMARTS) is 1. The van der Waals surface area contributed by atoms with E-state index in [-0.39, 0.29) is 25.9 Å². The summed E-state index contributed by atoms with van der Waals surface area (Å²) >= 11 is 0. The maximum absolute atomic E-state index is 12.4. The molecule has 1 saturated heterocycles. The summed E-state index contributed by atoms with van der Waals surface area (Å²) in [7, 11) is 0. The molecule has 1 aliphatic heterocycles. The summed E-state index contributed by atoms with van der Waals surface area (Å²) in [6.07, 6.45) is -3.49. The Bertz CT molecular complexity index is 426. The molecule has 112 valence electrons. The van der Waals surface area contributed by atoms with Crippen molar-refractivity contribution in [2.75, 3.05) is 13.1 Å². The fraction of sp³-hybridized carbons (Fsp3) is 0.545. The fourth-order valence-electron chi connectivity index (χ4n) is 1.78. The number of hydrogen-bond acceptors (Lipinski definition) is 3. The molecule has 1 heterocycles. The van der Waals surface area contributed by atoms with Crippen molar-refractivity contribution in [1.82, 2.24) is 10.2 Å². The Morgan fingerprint density at radius 2 is 1.70 bits per heavy atom. The van der Waals surface area contributed by atoms with Gasteiger partial charge in [0, 0.05) is 25.2 Å². The number of aliphatic carboxylic acids is 1. The van der Waals surface area contributed by atoms with E-state index in [2.05, 4.69) is 0 Å². The molecule has 0 aliphatic carbocycles. The van der Waals surface area contributed by atoms with Crippen LogP contribution in [0.25, 0.3) is 0 Å². The van der Waals surface area contributed by atoms with Gasteiger partial charge in [0.15, 0.2) is 0 Å². The van der Waals surface area contributed by atoms with Crippen molar-refractivity contribution in [2.45, 2.75) is 19.0 Å². The molecule has 20 heavy (non-hydrogen) atoms. The van der Waals surface area contributed by atoms with Crippen LogP contribution < -0.4 is 5.32 Å². The third-order valence-corrected chi connectivity index (χ3v) is 2.85. The van der Waals surface area contributed by atoms with E-state index in [1.165, 1.54) is 0 Å². The third-order valence-electron chi connectivity index (χ3n) is 2.85. The second-order valence-corrected chi connectivity index (χ2v) is 4.27. The Morgan fingerprint density at radius 3 is 2.15 bits per heavy atom. The van der Waals surface area contributed by atoms with Crippen molar-refractivity contribution in [1.29, 1.82) is 0 Å². The first-order valence-corrected chi connectivity index (χ1v) is 5.77. The second kappa shape index (κ2) is 6.40. The number of rotatable bonds is 2. The molecule has 0 saturated carbocycles. The van der Waals surface area contributed by atoms with Gasteiger partial charge in [-0.05, 0) is 12.8 Å². The van der Waals surface area contributed by atoms with Crippen LogP contribution in [-0.2, 0) is 9.59 Å². The number of alkyl halides is 3. The SMILES string of the molecule is O=C(O)C=CC(=O)NC(=O)N1CCC(C(F)(F)F)CC1. The smallest absolute Gasteiger partial charge is 0.391 e. The van der Waals surface area contributed by atoms with E-state index in [9.17, 15) is 27.6 Å². The number of nitrogens with zero attached hydrogens (tertiary/aromatic N) is 1. The van der Waals surface area contributed by atoms with E-state index in [0.29, 0.717) is 12.2 Å². The highest BCUT2D eigenvalue weighted by molar-refractivity contribution is 6.02. The highest BCUT2D eigenvalue weighted by atomic mass is 19.4. The van der Waals surface area contributed by atoms with Gasteiger partial charge < -0.3 is 10.0 Å². The maximum Gasteiger partial charge on any atom is 0.391 e. The van der Waals surface area contributed by atoms with E-state index >= 15 is 0 Å². The molecule has 1 fully saturated rings. The number of carbonyl (C=O) groups excluding carboxylic acids is 2. The Balaban J connectivity index is 2.43. The van der Waals surface area contributed by atoms with E-state index in [1.54, 1.807) is 0 Å². The van der Waals surface area contributed by atoms with Crippen molar-refractivity contribution >= 4 is 17.9 Å². The predicted octanol–water partition coefficient (Wildman–Crippen LogP) is 1.14. The second-order valence-electron chi connectivity index (χ2n) is 4.27. The topological polar surface area (TPSA) is 86.7 Å². The fourth-order valence-corrected chi connectivity index (χ4v) is 1.78. The minimum atomic E-state index is -4.28. The number of hydrogen-bond donors (Lipinski definition) is 2. The lowest BCUT2D eigenvalue weighted by atomic mass is 9.96. The number of likely N-dealkylation sites (tertiary alicyclic amines) is 1. The van der Waals surface area contributed by atoms with Crippen LogP contribution in [0.2, 0.25) is 0 Å². The van der Waals surface area contributed by atoms with Gasteiger partial charge in [-0.1, -0.05) is 0 Å². The highest BCUT2D eigenvalue weighted by Crippen LogP contribution is 2.33. The van der Waals surface area contributed by atoms with Gasteiger partial charge in [-0.25, -0.2) is 9.59 Å². The minimum Gasteiger partial charge on any atom is -0.478 e. The highest BCUT2D eigenvalue weighted by Gasteiger charge is 2.41. The Morgan fingerprint density at radius 1 is 1.15 bits per heavy atom. The molecule has 2 N–H and O–H groups in total. The molecule has 0 aromatic carbocycles. The molecule has 9 heteroatoms. The summed E-state index contributed by atoms with van der Waals surface area (Å²) < 4.78 is 37.3. The Labute approximate surface area is 112 Å². The van der Waals surface area contributed by atoms with Gasteiger partial charge in [-0.2, -0.15) is 13.2 Å². The Kier molecular flexibility index (Phi) is 5.12. The van der Waals surface area contributed by atoms with E-state index in [1.807, 2.05) is 5.32 Å². The van der Waals surface area contributed by atoms with Gasteiger partial charge in [0.05, 0.1) is 5.92 Å². The van der Waals surface area contributed by atoms with Crippen molar-refractivity contribution in [3.05, 3.63) is 12.2 Å². The quantitative estimate of drug-likeness (QED) is 0.748. The van der Waals surface area contributed by atoms with Crippen LogP contribution in [0.1, 0.15) is 12.8 Å². The van der Waals surface area contributed by atoms with E-state index in [0.717, 1.165) is 4.90 Å². The first-order valence-electron chi connectivity index (χ1n) is 5.77. The average molecular weight is 294 g/mol. The number of carbonyl (C=O) groups is 3. The first-order chi connectivity index (χ1) is 9.20. The van der Waals surface area contributed by atoms with Crippen molar-refractivity contribution in [3.8, 4) is 0 Å². The third kappa shape index (κ3) is 4.90. The lowest BCUT2D eigenvalue weighted by Gasteiger charge is -2.32. The summed E-state index contributed by atoms with van der Waals surface area (Å²) in [4.78, 5) is 33.9. The van der Waals surface area contributed by atoms with Crippen LogP contribution in [0.5, 0.6) is 0 Å². The van der Waals surface area contributed by atoms with Crippen molar-refractivity contribution in [3.63, 3.8) is 0 Å². The number of nitrogens with one attached hydrogen (secondary N) is 1. The molecule has 0 aromatic rings. The van der Waals surface area contributed by atoms with Gasteiger partial charge in [-0.15, -0.1) is 0 Å². The standard InChI is InChI=1S/C11H13F3N2O4/c12-11(13,14)7-3-5-16(6-4-7)10(20)15-8(17)1-2-9(18)19/h1-2,7H,3-6H2,(H,18,19)(H,15,17,20). The zero-order chi connectivity index (χ0) is 15.3. The van der Waals surface area contributed by atoms with Crippen LogP contribution in [-0.4, -0.2) is 47.2 Å². The zero-order valence-corrected chi connectivity index (χ0v) is 10.3. The average Bonchev–Trinajstić information content (AvgIpc) is 2.35. The van der Waals surface area contributed by atoms with Crippen LogP contribution in [0.15, 0.2) is 12.2 Å². The molecule has 0 spiro atoms. The number of piperidine rings is 1. The van der Waals surface area contributed by atoms with Gasteiger partial charge in [0.25, 0.3) is 5.91 Å². The molecule has 1 rings (SSSR count). The van der Waals surface area contributed by atoms with Crippen LogP contribution in [0.4, 0.5) is 18.0 Å². The molecule has 3 amide bonds. The van der Waals surface area contributed by atoms with Crippen LogP contribution in [0, 0.1) is 5.92 Å². The van der Waals surface area contributed by atoms with Gasteiger partial charge in [0.2, 0.25) is 0 Å². The van der Waals surface area contributed by atoms with Crippen LogP contribution in [0.3, 0.4) is 0 Å². The monoisotopic (exact) mass is 294 g/mol. The van der Waals surface area contributed by atoms with Gasteiger partial charge in [0.1, 0.15) is 0 Å². The summed E-state index contributed by atoms with van der Waals surface area (Å²) in [5, 5.41) is 10.2. The molecule has 6 nitrogen and oxygen atoms in total. The van der Waals surface area contributed by atoms with Crippen molar-refractivity contribution in [2.24, 2.45) is 5.92 Å². The van der Waals surface area contributed by atoms with Gasteiger partial charge in [-0.3, -0.25) is 10.1 Å². The number of urea groups is 1. The summed E-state index contributed by atoms with van der Waals surface area (Å²) in [5.41, 5.74) is 0. The van der Waals surface area contributed by atoms with E-state index in [4.69, 9.17) is 5.11 Å². The first kappa shape index (κ1) is 16.0. The summed E-state index contributed by atoms with van der Waals surface area (Å²) in [6.45, 7) is -0.210. The maximum atomic E-state index is 12.4. The largest absolute Gasteiger partial charge is 0.478 e. The Hall–Kier alpha value is -2.06. The molecule has 0 bridgehead atoms. The lowest BCUT2D eigenvalue weighted by molar-refractivity contribution is -0.183. The molecular formula is C11H13F3N2O4. The molecule has 0 aromatic heterocycles.